The molecule has 0 amide bonds. The number of rotatable bonds is 10. The third-order valence-electron chi connectivity index (χ3n) is 4.68. The molecule has 0 saturated carbocycles. The van der Waals surface area contributed by atoms with Crippen molar-refractivity contribution in [2.75, 3.05) is 0 Å². The lowest BCUT2D eigenvalue weighted by molar-refractivity contribution is 0.542. The van der Waals surface area contributed by atoms with Crippen LogP contribution in [0.25, 0.3) is 6.08 Å². The molecule has 0 nitrogen and oxygen atoms in total. The topological polar surface area (TPSA) is 0 Å². The molecule has 2 heteroatoms. The van der Waals surface area contributed by atoms with Gasteiger partial charge in [-0.1, -0.05) is 69.5 Å². The van der Waals surface area contributed by atoms with Crippen molar-refractivity contribution >= 4 is 6.08 Å². The smallest absolute Gasteiger partial charge is 0.129 e. The Morgan fingerprint density at radius 3 is 2.04 bits per heavy atom. The summed E-state index contributed by atoms with van der Waals surface area (Å²) in [5.41, 5.74) is 3.35. The summed E-state index contributed by atoms with van der Waals surface area (Å²) in [6.07, 6.45) is 11.4. The molecule has 0 saturated heterocycles. The van der Waals surface area contributed by atoms with E-state index >= 15 is 0 Å². The van der Waals surface area contributed by atoms with Crippen LogP contribution in [0.1, 0.15) is 68.2 Å². The summed E-state index contributed by atoms with van der Waals surface area (Å²) in [5.74, 6) is -0.792. The van der Waals surface area contributed by atoms with Gasteiger partial charge in [0.1, 0.15) is 11.6 Å². The number of hydrogen-bond donors (Lipinski definition) is 0. The lowest BCUT2D eigenvalue weighted by Gasteiger charge is -2.09. The number of halogens is 2. The molecule has 0 spiro atoms. The Kier molecular flexibility index (Phi) is 8.53. The Hall–Kier alpha value is -1.96. The summed E-state index contributed by atoms with van der Waals surface area (Å²) in [5, 5.41) is 0. The number of aryl methyl sites for hydroxylation is 2. The van der Waals surface area contributed by atoms with E-state index < -0.39 is 11.6 Å². The van der Waals surface area contributed by atoms with Crippen LogP contribution in [0.4, 0.5) is 8.78 Å². The fourth-order valence-electron chi connectivity index (χ4n) is 3.06. The molecule has 0 fully saturated rings. The van der Waals surface area contributed by atoms with Crippen LogP contribution in [-0.2, 0) is 19.3 Å². The molecule has 0 unspecified atom stereocenters. The first-order valence-corrected chi connectivity index (χ1v) is 9.86. The first kappa shape index (κ1) is 20.4. The monoisotopic (exact) mass is 356 g/mol. The van der Waals surface area contributed by atoms with E-state index in [1.54, 1.807) is 0 Å². The van der Waals surface area contributed by atoms with Crippen molar-refractivity contribution in [2.45, 2.75) is 65.2 Å². The van der Waals surface area contributed by atoms with Crippen molar-refractivity contribution < 1.29 is 8.78 Å². The molecular formula is C24H30F2. The van der Waals surface area contributed by atoms with Gasteiger partial charge in [-0.3, -0.25) is 0 Å². The van der Waals surface area contributed by atoms with Crippen molar-refractivity contribution in [3.8, 4) is 0 Å². The second kappa shape index (κ2) is 10.9. The predicted octanol–water partition coefficient (Wildman–Crippen LogP) is 7.30. The van der Waals surface area contributed by atoms with E-state index in [0.29, 0.717) is 12.8 Å². The van der Waals surface area contributed by atoms with Crippen molar-refractivity contribution in [1.82, 2.24) is 0 Å². The molecule has 2 aromatic carbocycles. The molecule has 0 N–H and O–H groups in total. The minimum atomic E-state index is -0.396. The number of unbranched alkanes of at least 4 members (excludes halogenated alkanes) is 3. The van der Waals surface area contributed by atoms with E-state index in [1.807, 2.05) is 0 Å². The lowest BCUT2D eigenvalue weighted by Crippen LogP contribution is -2.00. The Balaban J connectivity index is 1.94. The van der Waals surface area contributed by atoms with Gasteiger partial charge in [0.05, 0.1) is 0 Å². The molecule has 0 heterocycles. The van der Waals surface area contributed by atoms with Gasteiger partial charge in [-0.2, -0.15) is 0 Å². The minimum absolute atomic E-state index is 0.241. The Labute approximate surface area is 157 Å². The molecule has 0 aromatic heterocycles. The SMILES string of the molecule is CCC/C=C/c1ccc(CCc2cc(F)c(CCCCC)c(F)c2)cc1. The van der Waals surface area contributed by atoms with Gasteiger partial charge in [-0.05, 0) is 60.9 Å². The van der Waals surface area contributed by atoms with Gasteiger partial charge in [0.2, 0.25) is 0 Å². The fraction of sp³-hybridized carbons (Fsp3) is 0.417. The molecule has 0 aliphatic heterocycles. The van der Waals surface area contributed by atoms with Gasteiger partial charge >= 0.3 is 0 Å². The molecule has 2 rings (SSSR count). The van der Waals surface area contributed by atoms with Crippen molar-refractivity contribution in [3.63, 3.8) is 0 Å². The Bertz CT molecular complexity index is 676. The molecule has 0 aliphatic carbocycles. The van der Waals surface area contributed by atoms with Crippen LogP contribution in [0.5, 0.6) is 0 Å². The maximum absolute atomic E-state index is 14.2. The summed E-state index contributed by atoms with van der Waals surface area (Å²) in [6, 6.07) is 11.4. The van der Waals surface area contributed by atoms with E-state index in [4.69, 9.17) is 0 Å². The lowest BCUT2D eigenvalue weighted by atomic mass is 9.99. The van der Waals surface area contributed by atoms with E-state index in [1.165, 1.54) is 23.3 Å². The summed E-state index contributed by atoms with van der Waals surface area (Å²) in [4.78, 5) is 0. The standard InChI is InChI=1S/C24H30F2/c1-3-5-7-9-19-11-13-20(14-12-19)15-16-21-17-23(25)22(24(26)18-21)10-8-6-4-2/h7,9,11-14,17-18H,3-6,8,10,15-16H2,1-2H3/b9-7+. The Morgan fingerprint density at radius 1 is 0.769 bits per heavy atom. The van der Waals surface area contributed by atoms with Crippen molar-refractivity contribution in [1.29, 1.82) is 0 Å². The van der Waals surface area contributed by atoms with Crippen LogP contribution in [0.3, 0.4) is 0 Å². The molecule has 2 aromatic rings. The predicted molar refractivity (Wildman–Crippen MR) is 107 cm³/mol. The highest BCUT2D eigenvalue weighted by Gasteiger charge is 2.11. The van der Waals surface area contributed by atoms with Crippen LogP contribution in [0.15, 0.2) is 42.5 Å². The number of hydrogen-bond acceptors (Lipinski definition) is 0. The average Bonchev–Trinajstić information content (AvgIpc) is 2.63. The Morgan fingerprint density at radius 2 is 1.42 bits per heavy atom. The van der Waals surface area contributed by atoms with Gasteiger partial charge in [0.25, 0.3) is 0 Å². The van der Waals surface area contributed by atoms with Gasteiger partial charge < -0.3 is 0 Å². The van der Waals surface area contributed by atoms with Crippen LogP contribution in [-0.4, -0.2) is 0 Å². The maximum Gasteiger partial charge on any atom is 0.129 e. The molecule has 0 radical (unpaired) electrons. The summed E-state index contributed by atoms with van der Waals surface area (Å²) >= 11 is 0. The van der Waals surface area contributed by atoms with E-state index in [9.17, 15) is 8.78 Å². The van der Waals surface area contributed by atoms with Crippen molar-refractivity contribution in [2.24, 2.45) is 0 Å². The zero-order valence-electron chi connectivity index (χ0n) is 16.0. The molecule has 140 valence electrons. The quantitative estimate of drug-likeness (QED) is 0.392. The third kappa shape index (κ3) is 6.40. The zero-order chi connectivity index (χ0) is 18.8. The average molecular weight is 356 g/mol. The highest BCUT2D eigenvalue weighted by molar-refractivity contribution is 5.49. The van der Waals surface area contributed by atoms with Crippen LogP contribution in [0, 0.1) is 11.6 Å². The third-order valence-corrected chi connectivity index (χ3v) is 4.68. The van der Waals surface area contributed by atoms with Crippen LogP contribution < -0.4 is 0 Å². The number of benzene rings is 2. The largest absolute Gasteiger partial charge is 0.207 e. The fourth-order valence-corrected chi connectivity index (χ4v) is 3.06. The van der Waals surface area contributed by atoms with Crippen LogP contribution >= 0.6 is 0 Å². The minimum Gasteiger partial charge on any atom is -0.207 e. The second-order valence-corrected chi connectivity index (χ2v) is 6.93. The highest BCUT2D eigenvalue weighted by Crippen LogP contribution is 2.20. The van der Waals surface area contributed by atoms with E-state index in [2.05, 4.69) is 50.3 Å². The van der Waals surface area contributed by atoms with Gasteiger partial charge in [0, 0.05) is 5.56 Å². The van der Waals surface area contributed by atoms with E-state index in [-0.39, 0.29) is 5.56 Å². The second-order valence-electron chi connectivity index (χ2n) is 6.93. The summed E-state index contributed by atoms with van der Waals surface area (Å²) < 4.78 is 28.4. The maximum atomic E-state index is 14.2. The number of allylic oxidation sites excluding steroid dienone is 1. The first-order valence-electron chi connectivity index (χ1n) is 9.86. The van der Waals surface area contributed by atoms with E-state index in [0.717, 1.165) is 44.1 Å². The highest BCUT2D eigenvalue weighted by atomic mass is 19.1. The molecule has 0 atom stereocenters. The van der Waals surface area contributed by atoms with Crippen molar-refractivity contribution in [3.05, 3.63) is 76.4 Å². The zero-order valence-corrected chi connectivity index (χ0v) is 16.0. The molecule has 0 aliphatic rings. The van der Waals surface area contributed by atoms with Crippen LogP contribution in [0.2, 0.25) is 0 Å². The molecule has 26 heavy (non-hydrogen) atoms. The normalized spacial score (nSPS) is 11.4. The summed E-state index contributed by atoms with van der Waals surface area (Å²) in [7, 11) is 0. The molecule has 0 bridgehead atoms. The summed E-state index contributed by atoms with van der Waals surface area (Å²) in [6.45, 7) is 4.25. The van der Waals surface area contributed by atoms with Gasteiger partial charge in [0.15, 0.2) is 0 Å². The molecular weight excluding hydrogens is 326 g/mol. The van der Waals surface area contributed by atoms with Gasteiger partial charge in [-0.15, -0.1) is 0 Å². The van der Waals surface area contributed by atoms with Gasteiger partial charge in [-0.25, -0.2) is 8.78 Å². The first-order chi connectivity index (χ1) is 12.6.